The lowest BCUT2D eigenvalue weighted by Crippen LogP contribution is -2.56. The quantitative estimate of drug-likeness (QED) is 0.380. The van der Waals surface area contributed by atoms with Crippen LogP contribution in [0.2, 0.25) is 0 Å². The number of hydrogen-bond acceptors (Lipinski definition) is 11. The van der Waals surface area contributed by atoms with Gasteiger partial charge in [0.1, 0.15) is 23.3 Å². The van der Waals surface area contributed by atoms with Crippen LogP contribution in [0.4, 0.5) is 26.2 Å². The van der Waals surface area contributed by atoms with E-state index in [1.807, 2.05) is 19.1 Å². The first-order valence-corrected chi connectivity index (χ1v) is 14.5. The highest BCUT2D eigenvalue weighted by molar-refractivity contribution is 5.66. The molecule has 2 N–H and O–H groups in total. The van der Waals surface area contributed by atoms with Gasteiger partial charge in [-0.1, -0.05) is 0 Å². The summed E-state index contributed by atoms with van der Waals surface area (Å²) < 4.78 is 45.4. The van der Waals surface area contributed by atoms with E-state index in [1.165, 1.54) is 6.07 Å². The number of alkyl halides is 2. The fourth-order valence-corrected chi connectivity index (χ4v) is 5.43. The van der Waals surface area contributed by atoms with E-state index in [2.05, 4.69) is 36.5 Å². The molecule has 3 aliphatic rings. The molecule has 1 atom stereocenters. The fourth-order valence-electron chi connectivity index (χ4n) is 5.43. The third-order valence-corrected chi connectivity index (χ3v) is 7.89. The van der Waals surface area contributed by atoms with Gasteiger partial charge in [-0.15, -0.1) is 0 Å². The molecular formula is C30H34F2N8O3. The fraction of sp³-hybridized carbons (Fsp3) is 0.467. The number of nitrogens with one attached hydrogen (secondary N) is 2. The van der Waals surface area contributed by atoms with Crippen molar-refractivity contribution in [3.8, 4) is 29.0 Å². The average Bonchev–Trinajstić information content (AvgIpc) is 2.98. The van der Waals surface area contributed by atoms with Crippen molar-refractivity contribution in [3.63, 3.8) is 0 Å². The second-order valence-electron chi connectivity index (χ2n) is 10.7. The van der Waals surface area contributed by atoms with E-state index in [1.54, 1.807) is 24.4 Å². The van der Waals surface area contributed by atoms with E-state index in [-0.39, 0.29) is 17.7 Å². The van der Waals surface area contributed by atoms with Gasteiger partial charge in [-0.3, -0.25) is 4.90 Å². The minimum absolute atomic E-state index is 0.122. The van der Waals surface area contributed by atoms with Crippen molar-refractivity contribution in [1.29, 1.82) is 5.26 Å². The molecule has 13 heteroatoms. The summed E-state index contributed by atoms with van der Waals surface area (Å²) in [5.41, 5.74) is 2.27. The maximum absolute atomic E-state index is 14.3. The molecule has 5 heterocycles. The second-order valence-corrected chi connectivity index (χ2v) is 10.7. The summed E-state index contributed by atoms with van der Waals surface area (Å²) >= 11 is 0. The summed E-state index contributed by atoms with van der Waals surface area (Å²) in [7, 11) is 0. The zero-order valence-electron chi connectivity index (χ0n) is 23.9. The number of nitriles is 1. The maximum Gasteiger partial charge on any atom is 0.296 e. The van der Waals surface area contributed by atoms with Gasteiger partial charge in [0.25, 0.3) is 5.92 Å². The van der Waals surface area contributed by atoms with Gasteiger partial charge >= 0.3 is 0 Å². The first-order chi connectivity index (χ1) is 20.9. The van der Waals surface area contributed by atoms with Crippen molar-refractivity contribution in [2.24, 2.45) is 0 Å². The van der Waals surface area contributed by atoms with Crippen LogP contribution in [0.15, 0.2) is 42.6 Å². The Bertz CT molecular complexity index is 1470. The highest BCUT2D eigenvalue weighted by atomic mass is 19.3. The monoisotopic (exact) mass is 592 g/mol. The van der Waals surface area contributed by atoms with Crippen molar-refractivity contribution in [3.05, 3.63) is 48.2 Å². The van der Waals surface area contributed by atoms with Gasteiger partial charge in [0.05, 0.1) is 43.7 Å². The van der Waals surface area contributed by atoms with Gasteiger partial charge < -0.3 is 29.7 Å². The topological polar surface area (TPSA) is 121 Å². The summed E-state index contributed by atoms with van der Waals surface area (Å²) in [6.07, 6.45) is 0.448. The highest BCUT2D eigenvalue weighted by Crippen LogP contribution is 2.33. The van der Waals surface area contributed by atoms with Gasteiger partial charge in [-0.05, 0) is 49.9 Å². The lowest BCUT2D eigenvalue weighted by molar-refractivity contribution is -0.109. The van der Waals surface area contributed by atoms with Crippen LogP contribution in [-0.4, -0.2) is 97.0 Å². The number of ether oxygens (including phenoxy) is 3. The van der Waals surface area contributed by atoms with E-state index in [9.17, 15) is 14.0 Å². The Morgan fingerprint density at radius 2 is 1.98 bits per heavy atom. The van der Waals surface area contributed by atoms with Crippen molar-refractivity contribution >= 4 is 17.5 Å². The van der Waals surface area contributed by atoms with Gasteiger partial charge in [-0.2, -0.15) is 10.2 Å². The molecule has 226 valence electrons. The molecule has 3 aliphatic heterocycles. The number of anilines is 3. The molecule has 6 rings (SSSR count). The summed E-state index contributed by atoms with van der Waals surface area (Å²) in [5.74, 6) is -1.52. The number of pyridine rings is 1. The Labute approximate surface area is 248 Å². The minimum atomic E-state index is -3.02. The third kappa shape index (κ3) is 6.46. The van der Waals surface area contributed by atoms with Crippen LogP contribution in [0.25, 0.3) is 11.3 Å². The molecular weight excluding hydrogens is 558 g/mol. The molecule has 0 spiro atoms. The van der Waals surface area contributed by atoms with Gasteiger partial charge in [-0.25, -0.2) is 18.7 Å². The van der Waals surface area contributed by atoms with Crippen LogP contribution in [-0.2, 0) is 4.74 Å². The molecule has 0 bridgehead atoms. The van der Waals surface area contributed by atoms with Gasteiger partial charge in [0.15, 0.2) is 6.10 Å². The van der Waals surface area contributed by atoms with Crippen LogP contribution in [0.1, 0.15) is 18.9 Å². The number of halogens is 2. The number of nitrogens with zero attached hydrogens (tertiary/aromatic N) is 6. The third-order valence-electron chi connectivity index (χ3n) is 7.89. The zero-order valence-corrected chi connectivity index (χ0v) is 23.9. The molecule has 11 nitrogen and oxygen atoms in total. The molecule has 2 aromatic heterocycles. The molecule has 0 amide bonds. The van der Waals surface area contributed by atoms with Crippen molar-refractivity contribution in [2.75, 3.05) is 69.3 Å². The first kappa shape index (κ1) is 29.0. The number of aromatic nitrogens is 3. The Morgan fingerprint density at radius 1 is 1.14 bits per heavy atom. The predicted octanol–water partition coefficient (Wildman–Crippen LogP) is 3.45. The Morgan fingerprint density at radius 3 is 2.70 bits per heavy atom. The molecule has 0 aliphatic carbocycles. The average molecular weight is 593 g/mol. The van der Waals surface area contributed by atoms with E-state index in [0.717, 1.165) is 45.1 Å². The molecule has 1 unspecified atom stereocenters. The maximum atomic E-state index is 14.3. The Kier molecular flexibility index (Phi) is 8.51. The summed E-state index contributed by atoms with van der Waals surface area (Å²) in [6.45, 7) is 7.69. The largest absolute Gasteiger partial charge is 0.483 e. The molecule has 3 aromatic rings. The van der Waals surface area contributed by atoms with Crippen LogP contribution in [0, 0.1) is 11.3 Å². The molecule has 1 aromatic carbocycles. The number of piperidine rings is 1. The molecule has 43 heavy (non-hydrogen) atoms. The highest BCUT2D eigenvalue weighted by Gasteiger charge is 2.43. The van der Waals surface area contributed by atoms with Crippen molar-refractivity contribution in [2.45, 2.75) is 31.4 Å². The second kappa shape index (κ2) is 12.6. The van der Waals surface area contributed by atoms with Crippen molar-refractivity contribution in [1.82, 2.24) is 25.2 Å². The molecule has 3 saturated heterocycles. The first-order valence-electron chi connectivity index (χ1n) is 14.5. The van der Waals surface area contributed by atoms with E-state index >= 15 is 0 Å². The minimum Gasteiger partial charge on any atom is -0.483 e. The van der Waals surface area contributed by atoms with Gasteiger partial charge in [0.2, 0.25) is 11.8 Å². The van der Waals surface area contributed by atoms with Crippen LogP contribution < -0.4 is 25.0 Å². The predicted molar refractivity (Wildman–Crippen MR) is 156 cm³/mol. The SMILES string of the molecule is CCOc1nc(Nc2nccc(-c3ccc(OC4CCNCC4(F)F)c(C#N)c3)n2)ccc1N1CCN(C2COC2)CC1. The van der Waals surface area contributed by atoms with E-state index < -0.39 is 18.6 Å². The number of hydrogen-bond donors (Lipinski definition) is 2. The standard InChI is InChI=1S/C30H34F2N8O3/c1-2-42-28-24(40-13-11-39(12-14-40)22-17-41-18-22)4-6-27(37-28)38-29-35-10-7-23(36-29)20-3-5-25(21(15-20)16-33)43-26-8-9-34-19-30(26,31)32/h3-7,10,15,22,26,34H,2,8-9,11-14,17-19H2,1H3,(H,35,36,37,38). The summed E-state index contributed by atoms with van der Waals surface area (Å²) in [5, 5.41) is 15.6. The molecule has 3 fully saturated rings. The normalized spacial score (nSPS) is 20.6. The van der Waals surface area contributed by atoms with Gasteiger partial charge in [0, 0.05) is 44.4 Å². The Hall–Kier alpha value is -4.12. The summed E-state index contributed by atoms with van der Waals surface area (Å²) in [4.78, 5) is 18.4. The van der Waals surface area contributed by atoms with Crippen LogP contribution in [0.5, 0.6) is 11.6 Å². The lowest BCUT2D eigenvalue weighted by atomic mass is 10.0. The smallest absolute Gasteiger partial charge is 0.296 e. The molecule has 0 saturated carbocycles. The zero-order chi connectivity index (χ0) is 29.8. The van der Waals surface area contributed by atoms with Crippen molar-refractivity contribution < 1.29 is 23.0 Å². The number of benzene rings is 1. The Balaban J connectivity index is 1.16. The summed E-state index contributed by atoms with van der Waals surface area (Å²) in [6, 6.07) is 13.0. The number of rotatable bonds is 9. The van der Waals surface area contributed by atoms with Crippen LogP contribution in [0.3, 0.4) is 0 Å². The van der Waals surface area contributed by atoms with Crippen LogP contribution >= 0.6 is 0 Å². The lowest BCUT2D eigenvalue weighted by Gasteiger charge is -2.43. The van der Waals surface area contributed by atoms with E-state index in [4.69, 9.17) is 19.2 Å². The molecule has 0 radical (unpaired) electrons. The number of piperazine rings is 1. The van der Waals surface area contributed by atoms with E-state index in [0.29, 0.717) is 48.1 Å².